The Kier molecular flexibility index (Phi) is 11.8. The molecule has 0 bridgehead atoms. The normalized spacial score (nSPS) is 12.6. The molecule has 0 saturated carbocycles. The van der Waals surface area contributed by atoms with E-state index in [0.717, 1.165) is 27.6 Å². The molecule has 0 aliphatic heterocycles. The van der Waals surface area contributed by atoms with Gasteiger partial charge in [0.05, 0.1) is 5.75 Å². The minimum atomic E-state index is -0.691. The SMILES string of the molecule is CC[C@H](C)NC(=O)[C@H](Cc1ccccc1)N(Cc1ccc(Cl)cc1Cl)C(=O)CSCc1ccc(Br)cc1. The van der Waals surface area contributed by atoms with Crippen molar-refractivity contribution in [3.63, 3.8) is 0 Å². The summed E-state index contributed by atoms with van der Waals surface area (Å²) in [5.41, 5.74) is 2.85. The molecule has 0 fully saturated rings. The summed E-state index contributed by atoms with van der Waals surface area (Å²) in [4.78, 5) is 28.9. The zero-order chi connectivity index (χ0) is 26.8. The third-order valence-corrected chi connectivity index (χ3v) is 8.14. The van der Waals surface area contributed by atoms with E-state index in [9.17, 15) is 9.59 Å². The molecular weight excluding hydrogens is 591 g/mol. The maximum Gasteiger partial charge on any atom is 0.243 e. The fourth-order valence-electron chi connectivity index (χ4n) is 3.75. The Hall–Kier alpha value is -1.99. The van der Waals surface area contributed by atoms with Crippen molar-refractivity contribution in [2.75, 3.05) is 5.75 Å². The van der Waals surface area contributed by atoms with Gasteiger partial charge in [-0.3, -0.25) is 9.59 Å². The van der Waals surface area contributed by atoms with E-state index in [2.05, 4.69) is 21.2 Å². The molecule has 0 radical (unpaired) electrons. The molecule has 37 heavy (non-hydrogen) atoms. The van der Waals surface area contributed by atoms with Gasteiger partial charge in [-0.15, -0.1) is 11.8 Å². The van der Waals surface area contributed by atoms with Crippen molar-refractivity contribution >= 4 is 62.7 Å². The summed E-state index contributed by atoms with van der Waals surface area (Å²) in [7, 11) is 0. The number of halogens is 3. The van der Waals surface area contributed by atoms with Gasteiger partial charge in [0.2, 0.25) is 11.8 Å². The third-order valence-electron chi connectivity index (χ3n) is 6.04. The van der Waals surface area contributed by atoms with Gasteiger partial charge in [0.25, 0.3) is 0 Å². The highest BCUT2D eigenvalue weighted by Crippen LogP contribution is 2.25. The van der Waals surface area contributed by atoms with Crippen LogP contribution in [-0.2, 0) is 28.3 Å². The van der Waals surface area contributed by atoms with Crippen molar-refractivity contribution in [2.24, 2.45) is 0 Å². The third kappa shape index (κ3) is 9.36. The Morgan fingerprint density at radius 1 is 1.00 bits per heavy atom. The predicted molar refractivity (Wildman–Crippen MR) is 159 cm³/mol. The number of hydrogen-bond donors (Lipinski definition) is 1. The van der Waals surface area contributed by atoms with Gasteiger partial charge in [-0.05, 0) is 54.3 Å². The molecule has 0 unspecified atom stereocenters. The Morgan fingerprint density at radius 3 is 2.35 bits per heavy atom. The van der Waals surface area contributed by atoms with Crippen LogP contribution in [0.1, 0.15) is 37.0 Å². The first-order valence-corrected chi connectivity index (χ1v) is 14.9. The Morgan fingerprint density at radius 2 is 1.70 bits per heavy atom. The van der Waals surface area contributed by atoms with E-state index in [4.69, 9.17) is 23.2 Å². The van der Waals surface area contributed by atoms with E-state index >= 15 is 0 Å². The maximum atomic E-state index is 13.7. The molecule has 4 nitrogen and oxygen atoms in total. The van der Waals surface area contributed by atoms with Crippen LogP contribution >= 0.6 is 50.9 Å². The summed E-state index contributed by atoms with van der Waals surface area (Å²) in [5.74, 6) is 0.642. The molecule has 1 N–H and O–H groups in total. The lowest BCUT2D eigenvalue weighted by Gasteiger charge is -2.32. The maximum absolute atomic E-state index is 13.7. The quantitative estimate of drug-likeness (QED) is 0.227. The molecule has 0 aliphatic carbocycles. The van der Waals surface area contributed by atoms with Crippen LogP contribution in [0.2, 0.25) is 10.0 Å². The fourth-order valence-corrected chi connectivity index (χ4v) is 5.35. The molecule has 0 aromatic heterocycles. The molecular formula is C29H31BrCl2N2O2S. The topological polar surface area (TPSA) is 49.4 Å². The van der Waals surface area contributed by atoms with E-state index < -0.39 is 6.04 Å². The van der Waals surface area contributed by atoms with E-state index in [1.165, 1.54) is 11.8 Å². The number of nitrogens with zero attached hydrogens (tertiary/aromatic N) is 1. The monoisotopic (exact) mass is 620 g/mol. The van der Waals surface area contributed by atoms with Crippen LogP contribution < -0.4 is 5.32 Å². The lowest BCUT2D eigenvalue weighted by Crippen LogP contribution is -2.52. The van der Waals surface area contributed by atoms with Crippen molar-refractivity contribution in [2.45, 2.75) is 51.1 Å². The molecule has 8 heteroatoms. The standard InChI is InChI=1S/C29H31BrCl2N2O2S/c1-3-20(2)33-29(36)27(15-21-7-5-4-6-8-21)34(17-23-11-14-25(31)16-26(23)32)28(35)19-37-18-22-9-12-24(30)13-10-22/h4-14,16,20,27H,3,15,17-19H2,1-2H3,(H,33,36)/t20-,27-/m0/s1. The highest BCUT2D eigenvalue weighted by atomic mass is 79.9. The minimum Gasteiger partial charge on any atom is -0.352 e. The van der Waals surface area contributed by atoms with Gasteiger partial charge in [-0.2, -0.15) is 0 Å². The zero-order valence-electron chi connectivity index (χ0n) is 20.9. The molecule has 3 aromatic carbocycles. The lowest BCUT2D eigenvalue weighted by molar-refractivity contribution is -0.139. The highest BCUT2D eigenvalue weighted by molar-refractivity contribution is 9.10. The number of carbonyl (C=O) groups is 2. The van der Waals surface area contributed by atoms with Gasteiger partial charge in [-0.1, -0.05) is 94.6 Å². The van der Waals surface area contributed by atoms with Gasteiger partial charge < -0.3 is 10.2 Å². The number of thioether (sulfide) groups is 1. The van der Waals surface area contributed by atoms with Crippen molar-refractivity contribution in [1.82, 2.24) is 10.2 Å². The number of benzene rings is 3. The highest BCUT2D eigenvalue weighted by Gasteiger charge is 2.31. The summed E-state index contributed by atoms with van der Waals surface area (Å²) >= 11 is 17.6. The van der Waals surface area contributed by atoms with Crippen LogP contribution in [-0.4, -0.2) is 34.6 Å². The number of carbonyl (C=O) groups excluding carboxylic acids is 2. The second-order valence-electron chi connectivity index (χ2n) is 8.90. The number of rotatable bonds is 12. The average Bonchev–Trinajstić information content (AvgIpc) is 2.88. The first-order valence-electron chi connectivity index (χ1n) is 12.2. The summed E-state index contributed by atoms with van der Waals surface area (Å²) < 4.78 is 1.01. The van der Waals surface area contributed by atoms with Gasteiger partial charge in [0, 0.05) is 39.3 Å². The summed E-state index contributed by atoms with van der Waals surface area (Å²) in [6, 6.07) is 22.3. The zero-order valence-corrected chi connectivity index (χ0v) is 24.8. The van der Waals surface area contributed by atoms with Crippen molar-refractivity contribution in [1.29, 1.82) is 0 Å². The molecule has 2 amide bonds. The molecule has 0 spiro atoms. The Balaban J connectivity index is 1.88. The fraction of sp³-hybridized carbons (Fsp3) is 0.310. The van der Waals surface area contributed by atoms with Crippen LogP contribution in [0.4, 0.5) is 0 Å². The molecule has 3 rings (SSSR count). The van der Waals surface area contributed by atoms with Crippen molar-refractivity contribution in [3.05, 3.63) is 104 Å². The van der Waals surface area contributed by atoms with Gasteiger partial charge in [0.15, 0.2) is 0 Å². The van der Waals surface area contributed by atoms with Gasteiger partial charge in [-0.25, -0.2) is 0 Å². The summed E-state index contributed by atoms with van der Waals surface area (Å²) in [6.07, 6.45) is 1.20. The van der Waals surface area contributed by atoms with Gasteiger partial charge in [0.1, 0.15) is 6.04 Å². The second-order valence-corrected chi connectivity index (χ2v) is 11.6. The van der Waals surface area contributed by atoms with Crippen LogP contribution in [0, 0.1) is 0 Å². The predicted octanol–water partition coefficient (Wildman–Crippen LogP) is 7.54. The van der Waals surface area contributed by atoms with Crippen molar-refractivity contribution < 1.29 is 9.59 Å². The lowest BCUT2D eigenvalue weighted by atomic mass is 10.0. The molecule has 0 saturated heterocycles. The average molecular weight is 622 g/mol. The first kappa shape index (κ1) is 29.6. The minimum absolute atomic E-state index is 0.00590. The molecule has 0 heterocycles. The van der Waals surface area contributed by atoms with E-state index in [0.29, 0.717) is 22.2 Å². The van der Waals surface area contributed by atoms with E-state index in [-0.39, 0.29) is 30.2 Å². The Bertz CT molecular complexity index is 1180. The number of amides is 2. The molecule has 0 aliphatic rings. The van der Waals surface area contributed by atoms with E-state index in [1.54, 1.807) is 17.0 Å². The Labute approximate surface area is 242 Å². The summed E-state index contributed by atoms with van der Waals surface area (Å²) in [6.45, 7) is 4.19. The smallest absolute Gasteiger partial charge is 0.243 e. The number of hydrogen-bond acceptors (Lipinski definition) is 3. The second kappa shape index (κ2) is 14.8. The van der Waals surface area contributed by atoms with Crippen LogP contribution in [0.3, 0.4) is 0 Å². The van der Waals surface area contributed by atoms with Crippen molar-refractivity contribution in [3.8, 4) is 0 Å². The largest absolute Gasteiger partial charge is 0.352 e. The molecule has 196 valence electrons. The van der Waals surface area contributed by atoms with Gasteiger partial charge >= 0.3 is 0 Å². The first-order chi connectivity index (χ1) is 17.8. The van der Waals surface area contributed by atoms with E-state index in [1.807, 2.05) is 74.5 Å². The number of nitrogens with one attached hydrogen (secondary N) is 1. The molecule has 2 atom stereocenters. The van der Waals surface area contributed by atoms with Crippen LogP contribution in [0.5, 0.6) is 0 Å². The molecule has 3 aromatic rings. The van der Waals surface area contributed by atoms with Crippen LogP contribution in [0.15, 0.2) is 77.3 Å². The summed E-state index contributed by atoms with van der Waals surface area (Å²) in [5, 5.41) is 4.07. The van der Waals surface area contributed by atoms with Crippen LogP contribution in [0.25, 0.3) is 0 Å².